The molecule has 116 valence electrons. The van der Waals surface area contributed by atoms with Crippen LogP contribution in [0.4, 0.5) is 0 Å². The van der Waals surface area contributed by atoms with E-state index < -0.39 is 0 Å². The summed E-state index contributed by atoms with van der Waals surface area (Å²) in [6.45, 7) is 7.94. The van der Waals surface area contributed by atoms with E-state index in [1.165, 1.54) is 0 Å². The molecule has 2 aromatic carbocycles. The van der Waals surface area contributed by atoms with Crippen LogP contribution in [0.15, 0.2) is 40.9 Å². The van der Waals surface area contributed by atoms with Gasteiger partial charge < -0.3 is 4.90 Å². The SMILES string of the molecule is CC(C)N1CCN(C(=O)c2cccc3c(Br)cccc23)CC1. The van der Waals surface area contributed by atoms with Crippen LogP contribution in [0, 0.1) is 0 Å². The Morgan fingerprint density at radius 2 is 1.64 bits per heavy atom. The summed E-state index contributed by atoms with van der Waals surface area (Å²) in [4.78, 5) is 17.3. The summed E-state index contributed by atoms with van der Waals surface area (Å²) in [6, 6.07) is 12.5. The molecule has 0 N–H and O–H groups in total. The van der Waals surface area contributed by atoms with Gasteiger partial charge in [0.05, 0.1) is 0 Å². The van der Waals surface area contributed by atoms with Crippen molar-refractivity contribution in [2.75, 3.05) is 26.2 Å². The molecule has 3 rings (SSSR count). The summed E-state index contributed by atoms with van der Waals surface area (Å²) < 4.78 is 1.03. The van der Waals surface area contributed by atoms with Crippen LogP contribution in [0.2, 0.25) is 0 Å². The molecule has 0 radical (unpaired) electrons. The third-order valence-corrected chi connectivity index (χ3v) is 5.12. The lowest BCUT2D eigenvalue weighted by molar-refractivity contribution is 0.0597. The molecular weight excluding hydrogens is 340 g/mol. The molecule has 1 aliphatic rings. The molecule has 0 spiro atoms. The van der Waals surface area contributed by atoms with E-state index in [1.54, 1.807) is 0 Å². The molecular formula is C18H21BrN2O. The Kier molecular flexibility index (Phi) is 4.50. The molecule has 0 aromatic heterocycles. The third kappa shape index (κ3) is 2.90. The first-order valence-corrected chi connectivity index (χ1v) is 8.58. The van der Waals surface area contributed by atoms with Crippen molar-refractivity contribution in [3.8, 4) is 0 Å². The summed E-state index contributed by atoms with van der Waals surface area (Å²) >= 11 is 3.57. The monoisotopic (exact) mass is 360 g/mol. The predicted octanol–water partition coefficient (Wildman–Crippen LogP) is 3.77. The predicted molar refractivity (Wildman–Crippen MR) is 94.3 cm³/mol. The van der Waals surface area contributed by atoms with E-state index in [-0.39, 0.29) is 5.91 Å². The van der Waals surface area contributed by atoms with Crippen LogP contribution in [0.1, 0.15) is 24.2 Å². The number of nitrogens with zero attached hydrogens (tertiary/aromatic N) is 2. The fraction of sp³-hybridized carbons (Fsp3) is 0.389. The molecule has 0 unspecified atom stereocenters. The normalized spacial score (nSPS) is 16.5. The topological polar surface area (TPSA) is 23.6 Å². The van der Waals surface area contributed by atoms with E-state index in [1.807, 2.05) is 41.3 Å². The van der Waals surface area contributed by atoms with Gasteiger partial charge in [0.1, 0.15) is 0 Å². The second kappa shape index (κ2) is 6.39. The highest BCUT2D eigenvalue weighted by atomic mass is 79.9. The molecule has 1 heterocycles. The van der Waals surface area contributed by atoms with Gasteiger partial charge in [0.15, 0.2) is 0 Å². The Hall–Kier alpha value is -1.39. The number of hydrogen-bond donors (Lipinski definition) is 0. The van der Waals surface area contributed by atoms with Gasteiger partial charge in [-0.25, -0.2) is 0 Å². The Morgan fingerprint density at radius 3 is 2.32 bits per heavy atom. The minimum Gasteiger partial charge on any atom is -0.336 e. The number of halogens is 1. The maximum Gasteiger partial charge on any atom is 0.254 e. The maximum absolute atomic E-state index is 12.9. The van der Waals surface area contributed by atoms with Gasteiger partial charge in [-0.15, -0.1) is 0 Å². The largest absolute Gasteiger partial charge is 0.336 e. The summed E-state index contributed by atoms with van der Waals surface area (Å²) in [5, 5.41) is 2.11. The molecule has 1 aliphatic heterocycles. The third-order valence-electron chi connectivity index (χ3n) is 4.43. The number of fused-ring (bicyclic) bond motifs is 1. The number of piperazine rings is 1. The van der Waals surface area contributed by atoms with Crippen molar-refractivity contribution in [1.82, 2.24) is 9.80 Å². The second-order valence-corrected chi connectivity index (χ2v) is 6.92. The van der Waals surface area contributed by atoms with Crippen LogP contribution >= 0.6 is 15.9 Å². The van der Waals surface area contributed by atoms with Crippen molar-refractivity contribution in [3.63, 3.8) is 0 Å². The molecule has 1 fully saturated rings. The molecule has 4 heteroatoms. The fourth-order valence-electron chi connectivity index (χ4n) is 3.07. The zero-order valence-electron chi connectivity index (χ0n) is 13.1. The Bertz CT molecular complexity index is 691. The van der Waals surface area contributed by atoms with Crippen LogP contribution < -0.4 is 0 Å². The summed E-state index contributed by atoms with van der Waals surface area (Å²) in [6.07, 6.45) is 0. The first-order chi connectivity index (χ1) is 10.6. The molecule has 1 amide bonds. The molecule has 0 atom stereocenters. The summed E-state index contributed by atoms with van der Waals surface area (Å²) in [5.74, 6) is 0.145. The zero-order valence-corrected chi connectivity index (χ0v) is 14.6. The van der Waals surface area contributed by atoms with Gasteiger partial charge in [-0.1, -0.05) is 40.2 Å². The number of carbonyl (C=O) groups excluding carboxylic acids is 1. The highest BCUT2D eigenvalue weighted by molar-refractivity contribution is 9.10. The first kappa shape index (κ1) is 15.5. The molecule has 0 bridgehead atoms. The number of rotatable bonds is 2. The van der Waals surface area contributed by atoms with Crippen LogP contribution in [-0.2, 0) is 0 Å². The van der Waals surface area contributed by atoms with Gasteiger partial charge in [0.25, 0.3) is 5.91 Å². The van der Waals surface area contributed by atoms with Crippen molar-refractivity contribution in [2.45, 2.75) is 19.9 Å². The van der Waals surface area contributed by atoms with Gasteiger partial charge in [0, 0.05) is 42.3 Å². The van der Waals surface area contributed by atoms with Gasteiger partial charge >= 0.3 is 0 Å². The Balaban J connectivity index is 1.86. The minimum absolute atomic E-state index is 0.145. The quantitative estimate of drug-likeness (QED) is 0.813. The fourth-order valence-corrected chi connectivity index (χ4v) is 3.57. The average Bonchev–Trinajstić information content (AvgIpc) is 2.54. The maximum atomic E-state index is 12.9. The number of benzene rings is 2. The van der Waals surface area contributed by atoms with Crippen molar-refractivity contribution in [1.29, 1.82) is 0 Å². The summed E-state index contributed by atoms with van der Waals surface area (Å²) in [5.41, 5.74) is 0.803. The number of amides is 1. The van der Waals surface area contributed by atoms with Crippen molar-refractivity contribution in [2.24, 2.45) is 0 Å². The Labute approximate surface area is 140 Å². The van der Waals surface area contributed by atoms with E-state index in [0.717, 1.165) is 47.0 Å². The molecule has 0 saturated carbocycles. The van der Waals surface area contributed by atoms with Crippen molar-refractivity contribution < 1.29 is 4.79 Å². The lowest BCUT2D eigenvalue weighted by Crippen LogP contribution is -2.50. The lowest BCUT2D eigenvalue weighted by atomic mass is 10.0. The van der Waals surface area contributed by atoms with Crippen molar-refractivity contribution >= 4 is 32.6 Å². The zero-order chi connectivity index (χ0) is 15.7. The van der Waals surface area contributed by atoms with Gasteiger partial charge in [0.2, 0.25) is 0 Å². The van der Waals surface area contributed by atoms with Crippen LogP contribution in [-0.4, -0.2) is 47.9 Å². The molecule has 22 heavy (non-hydrogen) atoms. The highest BCUT2D eigenvalue weighted by Crippen LogP contribution is 2.27. The van der Waals surface area contributed by atoms with E-state index >= 15 is 0 Å². The van der Waals surface area contributed by atoms with E-state index in [0.29, 0.717) is 6.04 Å². The van der Waals surface area contributed by atoms with Crippen LogP contribution in [0.5, 0.6) is 0 Å². The van der Waals surface area contributed by atoms with E-state index in [4.69, 9.17) is 0 Å². The van der Waals surface area contributed by atoms with E-state index in [2.05, 4.69) is 34.7 Å². The average molecular weight is 361 g/mol. The molecule has 1 saturated heterocycles. The molecule has 2 aromatic rings. The molecule has 3 nitrogen and oxygen atoms in total. The minimum atomic E-state index is 0.145. The standard InChI is InChI=1S/C18H21BrN2O/c1-13(2)20-9-11-21(12-10-20)18(22)16-7-3-6-15-14(16)5-4-8-17(15)19/h3-8,13H,9-12H2,1-2H3. The van der Waals surface area contributed by atoms with Gasteiger partial charge in [-0.3, -0.25) is 9.69 Å². The van der Waals surface area contributed by atoms with E-state index in [9.17, 15) is 4.79 Å². The highest BCUT2D eigenvalue weighted by Gasteiger charge is 2.24. The molecule has 0 aliphatic carbocycles. The second-order valence-electron chi connectivity index (χ2n) is 6.06. The number of carbonyl (C=O) groups is 1. The van der Waals surface area contributed by atoms with Crippen LogP contribution in [0.25, 0.3) is 10.8 Å². The number of hydrogen-bond acceptors (Lipinski definition) is 2. The smallest absolute Gasteiger partial charge is 0.254 e. The lowest BCUT2D eigenvalue weighted by Gasteiger charge is -2.37. The summed E-state index contributed by atoms with van der Waals surface area (Å²) in [7, 11) is 0. The Morgan fingerprint density at radius 1 is 1.00 bits per heavy atom. The van der Waals surface area contributed by atoms with Crippen LogP contribution in [0.3, 0.4) is 0 Å². The van der Waals surface area contributed by atoms with Crippen molar-refractivity contribution in [3.05, 3.63) is 46.4 Å². The van der Waals surface area contributed by atoms with Gasteiger partial charge in [-0.05, 0) is 36.8 Å². The van der Waals surface area contributed by atoms with Gasteiger partial charge in [-0.2, -0.15) is 0 Å². The first-order valence-electron chi connectivity index (χ1n) is 7.78.